The molecule has 0 heterocycles. The van der Waals surface area contributed by atoms with Gasteiger partial charge in [-0.3, -0.25) is 4.79 Å². The fraction of sp³-hybridized carbons (Fsp3) is 0.133. The third-order valence-corrected chi connectivity index (χ3v) is 3.65. The average Bonchev–Trinajstić information content (AvgIpc) is 2.42. The van der Waals surface area contributed by atoms with Crippen LogP contribution < -0.4 is 10.1 Å². The first kappa shape index (κ1) is 16.0. The lowest BCUT2D eigenvalue weighted by molar-refractivity contribution is -0.118. The van der Waals surface area contributed by atoms with Crippen LogP contribution in [0.15, 0.2) is 36.4 Å². The SMILES string of the molecule is Cc1ccc(NC(=O)COc2ccc(Cl)cc2Cl)cc1Cl. The van der Waals surface area contributed by atoms with E-state index in [0.717, 1.165) is 5.56 Å². The molecule has 0 aliphatic rings. The van der Waals surface area contributed by atoms with Gasteiger partial charge in [-0.1, -0.05) is 40.9 Å². The molecule has 0 radical (unpaired) electrons. The molecule has 0 saturated carbocycles. The molecule has 0 spiro atoms. The number of hydrogen-bond donors (Lipinski definition) is 1. The summed E-state index contributed by atoms with van der Waals surface area (Å²) in [6.45, 7) is 1.73. The smallest absolute Gasteiger partial charge is 0.262 e. The summed E-state index contributed by atoms with van der Waals surface area (Å²) in [5.41, 5.74) is 1.56. The Hall–Kier alpha value is -1.42. The van der Waals surface area contributed by atoms with E-state index in [-0.39, 0.29) is 12.5 Å². The van der Waals surface area contributed by atoms with Crippen molar-refractivity contribution in [2.45, 2.75) is 6.92 Å². The lowest BCUT2D eigenvalue weighted by atomic mass is 10.2. The molecular formula is C15H12Cl3NO2. The number of halogens is 3. The standard InChI is InChI=1S/C15H12Cl3NO2/c1-9-2-4-11(7-12(9)17)19-15(20)8-21-14-5-3-10(16)6-13(14)18/h2-7H,8H2,1H3,(H,19,20). The number of anilines is 1. The molecule has 3 nitrogen and oxygen atoms in total. The minimum Gasteiger partial charge on any atom is -0.482 e. The van der Waals surface area contributed by atoms with E-state index >= 15 is 0 Å². The highest BCUT2D eigenvalue weighted by molar-refractivity contribution is 6.35. The Morgan fingerprint density at radius 3 is 2.52 bits per heavy atom. The van der Waals surface area contributed by atoms with Crippen LogP contribution in [0.1, 0.15) is 5.56 Å². The highest BCUT2D eigenvalue weighted by Gasteiger charge is 2.07. The highest BCUT2D eigenvalue weighted by atomic mass is 35.5. The predicted octanol–water partition coefficient (Wildman–Crippen LogP) is 4.97. The zero-order chi connectivity index (χ0) is 15.4. The molecule has 1 amide bonds. The largest absolute Gasteiger partial charge is 0.482 e. The van der Waals surface area contributed by atoms with Gasteiger partial charge >= 0.3 is 0 Å². The molecule has 0 aromatic heterocycles. The number of carbonyl (C=O) groups is 1. The summed E-state index contributed by atoms with van der Waals surface area (Å²) in [5.74, 6) is 0.0964. The zero-order valence-electron chi connectivity index (χ0n) is 11.1. The van der Waals surface area contributed by atoms with Crippen molar-refractivity contribution in [2.24, 2.45) is 0 Å². The summed E-state index contributed by atoms with van der Waals surface area (Å²) < 4.78 is 5.34. The van der Waals surface area contributed by atoms with Gasteiger partial charge in [0.05, 0.1) is 5.02 Å². The molecule has 0 aliphatic heterocycles. The highest BCUT2D eigenvalue weighted by Crippen LogP contribution is 2.27. The van der Waals surface area contributed by atoms with Crippen LogP contribution >= 0.6 is 34.8 Å². The lowest BCUT2D eigenvalue weighted by Gasteiger charge is -2.09. The van der Waals surface area contributed by atoms with Crippen LogP contribution in [-0.2, 0) is 4.79 Å². The van der Waals surface area contributed by atoms with Crippen LogP contribution in [0.4, 0.5) is 5.69 Å². The van der Waals surface area contributed by atoms with E-state index in [1.165, 1.54) is 0 Å². The van der Waals surface area contributed by atoms with E-state index in [0.29, 0.717) is 26.5 Å². The van der Waals surface area contributed by atoms with E-state index in [1.807, 2.05) is 13.0 Å². The Labute approximate surface area is 137 Å². The maximum atomic E-state index is 11.8. The maximum absolute atomic E-state index is 11.8. The zero-order valence-corrected chi connectivity index (χ0v) is 13.4. The fourth-order valence-electron chi connectivity index (χ4n) is 1.60. The van der Waals surface area contributed by atoms with Crippen LogP contribution in [0.2, 0.25) is 15.1 Å². The molecule has 2 aromatic rings. The van der Waals surface area contributed by atoms with Gasteiger partial charge in [-0.05, 0) is 42.8 Å². The minimum atomic E-state index is -0.305. The quantitative estimate of drug-likeness (QED) is 0.850. The molecule has 0 unspecified atom stereocenters. The first-order chi connectivity index (χ1) is 9.95. The Kier molecular flexibility index (Phi) is 5.34. The minimum absolute atomic E-state index is 0.160. The van der Waals surface area contributed by atoms with Crippen molar-refractivity contribution in [1.29, 1.82) is 0 Å². The molecule has 6 heteroatoms. The first-order valence-electron chi connectivity index (χ1n) is 6.09. The number of rotatable bonds is 4. The van der Waals surface area contributed by atoms with Gasteiger partial charge in [0.15, 0.2) is 6.61 Å². The summed E-state index contributed by atoms with van der Waals surface area (Å²) in [5, 5.41) is 4.15. The number of hydrogen-bond acceptors (Lipinski definition) is 2. The summed E-state index contributed by atoms with van der Waals surface area (Å²) in [4.78, 5) is 11.8. The number of benzene rings is 2. The summed E-state index contributed by atoms with van der Waals surface area (Å²) in [7, 11) is 0. The van der Waals surface area contributed by atoms with E-state index < -0.39 is 0 Å². The van der Waals surface area contributed by atoms with Crippen LogP contribution in [0, 0.1) is 6.92 Å². The van der Waals surface area contributed by atoms with Crippen LogP contribution in [0.3, 0.4) is 0 Å². The molecule has 1 N–H and O–H groups in total. The van der Waals surface area contributed by atoms with Crippen molar-refractivity contribution in [2.75, 3.05) is 11.9 Å². The number of nitrogens with one attached hydrogen (secondary N) is 1. The summed E-state index contributed by atoms with van der Waals surface area (Å²) in [6, 6.07) is 10.1. The van der Waals surface area contributed by atoms with Gasteiger partial charge in [-0.15, -0.1) is 0 Å². The van der Waals surface area contributed by atoms with Gasteiger partial charge in [0, 0.05) is 15.7 Å². The Balaban J connectivity index is 1.94. The number of amides is 1. The third kappa shape index (κ3) is 4.53. The Morgan fingerprint density at radius 2 is 1.86 bits per heavy atom. The molecule has 2 rings (SSSR count). The summed E-state index contributed by atoms with van der Waals surface area (Å²) >= 11 is 17.7. The van der Waals surface area contributed by atoms with E-state index in [1.54, 1.807) is 30.3 Å². The maximum Gasteiger partial charge on any atom is 0.262 e. The second kappa shape index (κ2) is 7.03. The molecule has 0 atom stereocenters. The molecule has 0 bridgehead atoms. The lowest BCUT2D eigenvalue weighted by Crippen LogP contribution is -2.20. The number of carbonyl (C=O) groups excluding carboxylic acids is 1. The second-order valence-corrected chi connectivity index (χ2v) is 5.63. The number of aryl methyl sites for hydroxylation is 1. The van der Waals surface area contributed by atoms with E-state index in [9.17, 15) is 4.79 Å². The van der Waals surface area contributed by atoms with Crippen LogP contribution in [-0.4, -0.2) is 12.5 Å². The van der Waals surface area contributed by atoms with Crippen molar-refractivity contribution >= 4 is 46.4 Å². The summed E-state index contributed by atoms with van der Waals surface area (Å²) in [6.07, 6.45) is 0. The van der Waals surface area contributed by atoms with Gasteiger partial charge in [-0.25, -0.2) is 0 Å². The average molecular weight is 345 g/mol. The molecule has 21 heavy (non-hydrogen) atoms. The molecule has 0 fully saturated rings. The predicted molar refractivity (Wildman–Crippen MR) is 86.8 cm³/mol. The number of ether oxygens (including phenoxy) is 1. The topological polar surface area (TPSA) is 38.3 Å². The van der Waals surface area contributed by atoms with E-state index in [2.05, 4.69) is 5.32 Å². The van der Waals surface area contributed by atoms with Crippen molar-refractivity contribution in [1.82, 2.24) is 0 Å². The Morgan fingerprint density at radius 1 is 1.10 bits per heavy atom. The molecule has 0 saturated heterocycles. The Bertz CT molecular complexity index is 674. The molecule has 0 aliphatic carbocycles. The normalized spacial score (nSPS) is 10.3. The van der Waals surface area contributed by atoms with Gasteiger partial charge in [0.25, 0.3) is 5.91 Å². The van der Waals surface area contributed by atoms with Gasteiger partial charge in [-0.2, -0.15) is 0 Å². The van der Waals surface area contributed by atoms with E-state index in [4.69, 9.17) is 39.5 Å². The van der Waals surface area contributed by atoms with Gasteiger partial charge in [0.2, 0.25) is 0 Å². The van der Waals surface area contributed by atoms with Gasteiger partial charge in [0.1, 0.15) is 5.75 Å². The second-order valence-electron chi connectivity index (χ2n) is 4.38. The van der Waals surface area contributed by atoms with Crippen molar-refractivity contribution in [3.8, 4) is 5.75 Å². The van der Waals surface area contributed by atoms with Crippen molar-refractivity contribution < 1.29 is 9.53 Å². The van der Waals surface area contributed by atoms with Crippen molar-refractivity contribution in [3.63, 3.8) is 0 Å². The molecule has 110 valence electrons. The monoisotopic (exact) mass is 343 g/mol. The van der Waals surface area contributed by atoms with Crippen LogP contribution in [0.5, 0.6) is 5.75 Å². The van der Waals surface area contributed by atoms with Gasteiger partial charge < -0.3 is 10.1 Å². The molecular weight excluding hydrogens is 333 g/mol. The third-order valence-electron chi connectivity index (χ3n) is 2.71. The van der Waals surface area contributed by atoms with Crippen molar-refractivity contribution in [3.05, 3.63) is 57.0 Å². The first-order valence-corrected chi connectivity index (χ1v) is 7.23. The molecule has 2 aromatic carbocycles. The fourth-order valence-corrected chi connectivity index (χ4v) is 2.25. The van der Waals surface area contributed by atoms with Crippen LogP contribution in [0.25, 0.3) is 0 Å².